The zero-order chi connectivity index (χ0) is 20.2. The lowest BCUT2D eigenvalue weighted by atomic mass is 9.97. The molecule has 2 N–H and O–H groups in total. The minimum Gasteiger partial charge on any atom is -0.452 e. The number of amides is 2. The average molecular weight is 397 g/mol. The summed E-state index contributed by atoms with van der Waals surface area (Å²) in [5.74, 6) is -0.912. The minimum atomic E-state index is -0.573. The van der Waals surface area contributed by atoms with Crippen molar-refractivity contribution < 1.29 is 19.1 Å². The highest BCUT2D eigenvalue weighted by Crippen LogP contribution is 2.37. The van der Waals surface area contributed by atoms with Gasteiger partial charge in [0.25, 0.3) is 5.91 Å². The monoisotopic (exact) mass is 397 g/mol. The van der Waals surface area contributed by atoms with Crippen LogP contribution in [0.2, 0.25) is 0 Å². The quantitative estimate of drug-likeness (QED) is 0.569. The fourth-order valence-electron chi connectivity index (χ4n) is 4.32. The summed E-state index contributed by atoms with van der Waals surface area (Å²) in [6.07, 6.45) is 9.64. The highest BCUT2D eigenvalue weighted by molar-refractivity contribution is 6.05. The number of carbonyl (C=O) groups is 3. The molecule has 7 heteroatoms. The van der Waals surface area contributed by atoms with Gasteiger partial charge < -0.3 is 20.3 Å². The molecule has 2 aliphatic heterocycles. The van der Waals surface area contributed by atoms with E-state index >= 15 is 0 Å². The van der Waals surface area contributed by atoms with Crippen LogP contribution in [0, 0.1) is 0 Å². The maximum atomic E-state index is 12.3. The van der Waals surface area contributed by atoms with E-state index in [4.69, 9.17) is 4.74 Å². The molecule has 154 valence electrons. The van der Waals surface area contributed by atoms with Gasteiger partial charge in [-0.25, -0.2) is 4.79 Å². The molecule has 1 aliphatic carbocycles. The van der Waals surface area contributed by atoms with E-state index in [0.29, 0.717) is 17.8 Å². The number of esters is 1. The van der Waals surface area contributed by atoms with Gasteiger partial charge >= 0.3 is 5.97 Å². The largest absolute Gasteiger partial charge is 0.452 e. The average Bonchev–Trinajstić information content (AvgIpc) is 3.23. The first kappa shape index (κ1) is 19.5. The lowest BCUT2D eigenvalue weighted by Crippen LogP contribution is -2.43. The number of benzene rings is 1. The number of allylic oxidation sites excluding steroid dienone is 1. The normalized spacial score (nSPS) is 20.3. The van der Waals surface area contributed by atoms with Crippen molar-refractivity contribution in [3.8, 4) is 0 Å². The third-order valence-electron chi connectivity index (χ3n) is 5.84. The Labute approximate surface area is 170 Å². The number of nitrogens with one attached hydrogen (secondary N) is 2. The van der Waals surface area contributed by atoms with Crippen LogP contribution >= 0.6 is 0 Å². The summed E-state index contributed by atoms with van der Waals surface area (Å²) in [5.41, 5.74) is 3.26. The second-order valence-electron chi connectivity index (χ2n) is 7.86. The number of hydrogen-bond acceptors (Lipinski definition) is 5. The van der Waals surface area contributed by atoms with E-state index in [2.05, 4.69) is 21.6 Å². The maximum absolute atomic E-state index is 12.3. The number of carbonyl (C=O) groups excluding carboxylic acids is 3. The summed E-state index contributed by atoms with van der Waals surface area (Å²) in [7, 11) is 0. The summed E-state index contributed by atoms with van der Waals surface area (Å²) < 4.78 is 5.15. The van der Waals surface area contributed by atoms with Crippen LogP contribution in [0.3, 0.4) is 0 Å². The second-order valence-corrected chi connectivity index (χ2v) is 7.86. The van der Waals surface area contributed by atoms with Crippen LogP contribution in [-0.2, 0) is 14.3 Å². The Morgan fingerprint density at radius 2 is 2.14 bits per heavy atom. The molecule has 0 radical (unpaired) electrons. The van der Waals surface area contributed by atoms with E-state index in [-0.39, 0.29) is 24.5 Å². The second kappa shape index (κ2) is 8.68. The topological polar surface area (TPSA) is 87.7 Å². The van der Waals surface area contributed by atoms with Crippen LogP contribution in [0.4, 0.5) is 11.4 Å². The summed E-state index contributed by atoms with van der Waals surface area (Å²) in [6.45, 7) is 1.09. The third-order valence-corrected chi connectivity index (χ3v) is 5.84. The molecule has 1 fully saturated rings. The van der Waals surface area contributed by atoms with Crippen molar-refractivity contribution in [2.24, 2.45) is 0 Å². The molecule has 3 aliphatic rings. The van der Waals surface area contributed by atoms with Crippen molar-refractivity contribution in [2.45, 2.75) is 51.0 Å². The van der Waals surface area contributed by atoms with E-state index in [1.165, 1.54) is 18.4 Å². The molecule has 0 bridgehead atoms. The van der Waals surface area contributed by atoms with E-state index < -0.39 is 5.97 Å². The molecule has 0 unspecified atom stereocenters. The Balaban J connectivity index is 1.28. The minimum absolute atomic E-state index is 0.0343. The van der Waals surface area contributed by atoms with Gasteiger partial charge in [-0.2, -0.15) is 0 Å². The van der Waals surface area contributed by atoms with E-state index in [1.54, 1.807) is 12.1 Å². The fourth-order valence-corrected chi connectivity index (χ4v) is 4.32. The molecule has 2 amide bonds. The SMILES string of the molecule is O=C(COC(=O)c1ccc2c(c1)NC(=O)[C@H]1CCCN21)NCCC1=CCCCC1. The molecule has 1 saturated heterocycles. The van der Waals surface area contributed by atoms with Gasteiger partial charge in [-0.05, 0) is 63.1 Å². The van der Waals surface area contributed by atoms with Gasteiger partial charge in [0.2, 0.25) is 5.91 Å². The first-order valence-corrected chi connectivity index (χ1v) is 10.4. The smallest absolute Gasteiger partial charge is 0.338 e. The van der Waals surface area contributed by atoms with Crippen molar-refractivity contribution >= 4 is 29.2 Å². The van der Waals surface area contributed by atoms with Gasteiger partial charge in [0, 0.05) is 13.1 Å². The van der Waals surface area contributed by atoms with Gasteiger partial charge in [-0.15, -0.1) is 0 Å². The first-order valence-electron chi connectivity index (χ1n) is 10.4. The lowest BCUT2D eigenvalue weighted by molar-refractivity contribution is -0.124. The summed E-state index contributed by atoms with van der Waals surface area (Å²) in [6, 6.07) is 5.02. The van der Waals surface area contributed by atoms with Crippen LogP contribution in [0.15, 0.2) is 29.8 Å². The zero-order valence-electron chi connectivity index (χ0n) is 16.5. The third kappa shape index (κ3) is 4.44. The Bertz CT molecular complexity index is 848. The molecule has 0 aromatic heterocycles. The van der Waals surface area contributed by atoms with Gasteiger partial charge in [-0.3, -0.25) is 9.59 Å². The van der Waals surface area contributed by atoms with E-state index in [9.17, 15) is 14.4 Å². The van der Waals surface area contributed by atoms with Gasteiger partial charge in [0.05, 0.1) is 16.9 Å². The van der Waals surface area contributed by atoms with Crippen LogP contribution in [0.25, 0.3) is 0 Å². The number of nitrogens with zero attached hydrogens (tertiary/aromatic N) is 1. The summed E-state index contributed by atoms with van der Waals surface area (Å²) in [5, 5.41) is 5.67. The van der Waals surface area contributed by atoms with Crippen LogP contribution in [0.1, 0.15) is 55.3 Å². The summed E-state index contributed by atoms with van der Waals surface area (Å²) in [4.78, 5) is 38.6. The molecular weight excluding hydrogens is 370 g/mol. The van der Waals surface area contributed by atoms with Crippen molar-refractivity contribution in [1.29, 1.82) is 0 Å². The van der Waals surface area contributed by atoms with Crippen LogP contribution in [0.5, 0.6) is 0 Å². The van der Waals surface area contributed by atoms with Crippen molar-refractivity contribution in [3.63, 3.8) is 0 Å². The van der Waals surface area contributed by atoms with E-state index in [1.807, 2.05) is 6.07 Å². The highest BCUT2D eigenvalue weighted by Gasteiger charge is 2.36. The van der Waals surface area contributed by atoms with Crippen LogP contribution in [-0.4, -0.2) is 43.5 Å². The number of rotatable bonds is 6. The Hall–Kier alpha value is -2.83. The standard InChI is InChI=1S/C22H27N3O4/c26-20(23-11-10-15-5-2-1-3-6-15)14-29-22(28)16-8-9-18-17(13-16)24-21(27)19-7-4-12-25(18)19/h5,8-9,13,19H,1-4,6-7,10-12,14H2,(H,23,26)(H,24,27)/t19-/m1/s1. The molecule has 29 heavy (non-hydrogen) atoms. The molecule has 4 rings (SSSR count). The Morgan fingerprint density at radius 3 is 2.97 bits per heavy atom. The predicted octanol–water partition coefficient (Wildman–Crippen LogP) is 2.77. The van der Waals surface area contributed by atoms with Crippen LogP contribution < -0.4 is 15.5 Å². The first-order chi connectivity index (χ1) is 14.1. The Kier molecular flexibility index (Phi) is 5.83. The molecule has 2 heterocycles. The predicted molar refractivity (Wildman–Crippen MR) is 110 cm³/mol. The molecule has 1 aromatic rings. The lowest BCUT2D eigenvalue weighted by Gasteiger charge is -2.33. The Morgan fingerprint density at radius 1 is 1.24 bits per heavy atom. The highest BCUT2D eigenvalue weighted by atomic mass is 16.5. The number of fused-ring (bicyclic) bond motifs is 3. The van der Waals surface area contributed by atoms with Crippen molar-refractivity contribution in [1.82, 2.24) is 5.32 Å². The number of ether oxygens (including phenoxy) is 1. The van der Waals surface area contributed by atoms with Crippen molar-refractivity contribution in [2.75, 3.05) is 29.9 Å². The molecule has 1 atom stereocenters. The molecule has 1 aromatic carbocycles. The summed E-state index contributed by atoms with van der Waals surface area (Å²) >= 11 is 0. The van der Waals surface area contributed by atoms with Crippen molar-refractivity contribution in [3.05, 3.63) is 35.4 Å². The molecular formula is C22H27N3O4. The maximum Gasteiger partial charge on any atom is 0.338 e. The van der Waals surface area contributed by atoms with Gasteiger partial charge in [-0.1, -0.05) is 11.6 Å². The van der Waals surface area contributed by atoms with E-state index in [0.717, 1.165) is 44.3 Å². The molecule has 0 saturated carbocycles. The van der Waals surface area contributed by atoms with Gasteiger partial charge in [0.1, 0.15) is 6.04 Å². The van der Waals surface area contributed by atoms with Gasteiger partial charge in [0.15, 0.2) is 6.61 Å². The number of anilines is 2. The fraction of sp³-hybridized carbons (Fsp3) is 0.500. The molecule has 7 nitrogen and oxygen atoms in total. The number of hydrogen-bond donors (Lipinski definition) is 2. The molecule has 0 spiro atoms. The zero-order valence-corrected chi connectivity index (χ0v) is 16.5.